The molecule has 1 atom stereocenters. The van der Waals surface area contributed by atoms with Gasteiger partial charge in [0.25, 0.3) is 11.6 Å². The predicted molar refractivity (Wildman–Crippen MR) is 139 cm³/mol. The van der Waals surface area contributed by atoms with Crippen molar-refractivity contribution in [2.75, 3.05) is 11.9 Å². The number of hydrogen-bond donors (Lipinski definition) is 1. The van der Waals surface area contributed by atoms with E-state index in [2.05, 4.69) is 12.2 Å². The number of anilines is 1. The normalized spacial score (nSPS) is 15.0. The van der Waals surface area contributed by atoms with E-state index in [-0.39, 0.29) is 28.7 Å². The molecule has 190 valence electrons. The van der Waals surface area contributed by atoms with Crippen LogP contribution in [0.4, 0.5) is 10.7 Å². The van der Waals surface area contributed by atoms with E-state index in [4.69, 9.17) is 20.8 Å². The Bertz CT molecular complexity index is 1470. The van der Waals surface area contributed by atoms with Crippen LogP contribution in [-0.4, -0.2) is 23.4 Å². The van der Waals surface area contributed by atoms with Crippen molar-refractivity contribution in [2.45, 2.75) is 33.1 Å². The lowest BCUT2D eigenvalue weighted by Gasteiger charge is -2.18. The number of nitrogens with one attached hydrogen (secondary N) is 1. The minimum atomic E-state index is -0.689. The fourth-order valence-electron chi connectivity index (χ4n) is 4.11. The fourth-order valence-corrected chi connectivity index (χ4v) is 5.77. The van der Waals surface area contributed by atoms with E-state index in [1.54, 1.807) is 19.1 Å². The molecule has 37 heavy (non-hydrogen) atoms. The van der Waals surface area contributed by atoms with Crippen molar-refractivity contribution < 1.29 is 23.7 Å². The maximum atomic E-state index is 13.0. The summed E-state index contributed by atoms with van der Waals surface area (Å²) in [5, 5.41) is 23.8. The Morgan fingerprint density at radius 1 is 1.38 bits per heavy atom. The summed E-state index contributed by atoms with van der Waals surface area (Å²) in [6.45, 7) is 4.06. The molecule has 2 aromatic heterocycles. The van der Waals surface area contributed by atoms with Crippen molar-refractivity contribution >= 4 is 51.6 Å². The summed E-state index contributed by atoms with van der Waals surface area (Å²) < 4.78 is 11.0. The summed E-state index contributed by atoms with van der Waals surface area (Å²) in [7, 11) is 0. The minimum absolute atomic E-state index is 0.125. The van der Waals surface area contributed by atoms with Crippen molar-refractivity contribution in [1.29, 1.82) is 5.26 Å². The number of fused-ring (bicyclic) bond motifs is 1. The van der Waals surface area contributed by atoms with Crippen molar-refractivity contribution in [3.05, 3.63) is 72.8 Å². The molecule has 11 heteroatoms. The fraction of sp³-hybridized carbons (Fsp3) is 0.269. The van der Waals surface area contributed by atoms with Gasteiger partial charge in [-0.25, -0.2) is 4.79 Å². The van der Waals surface area contributed by atoms with Gasteiger partial charge in [-0.2, -0.15) is 5.26 Å². The third-order valence-electron chi connectivity index (χ3n) is 5.93. The highest BCUT2D eigenvalue weighted by molar-refractivity contribution is 7.17. The van der Waals surface area contributed by atoms with Crippen LogP contribution >= 0.6 is 22.9 Å². The van der Waals surface area contributed by atoms with Crippen molar-refractivity contribution in [1.82, 2.24) is 0 Å². The highest BCUT2D eigenvalue weighted by Gasteiger charge is 2.29. The molecule has 2 heterocycles. The van der Waals surface area contributed by atoms with E-state index in [0.717, 1.165) is 29.7 Å². The molecule has 0 saturated heterocycles. The summed E-state index contributed by atoms with van der Waals surface area (Å²) in [6, 6.07) is 8.98. The average Bonchev–Trinajstić information content (AvgIpc) is 3.46. The van der Waals surface area contributed by atoms with Crippen LogP contribution in [0.2, 0.25) is 5.02 Å². The van der Waals surface area contributed by atoms with E-state index in [0.29, 0.717) is 27.8 Å². The number of carbonyl (C=O) groups excluding carboxylic acids is 2. The number of esters is 1. The lowest BCUT2D eigenvalue weighted by molar-refractivity contribution is -0.384. The van der Waals surface area contributed by atoms with Gasteiger partial charge >= 0.3 is 5.97 Å². The first-order chi connectivity index (χ1) is 17.7. The van der Waals surface area contributed by atoms with Gasteiger partial charge in [0.15, 0.2) is 0 Å². The summed E-state index contributed by atoms with van der Waals surface area (Å²) in [5.41, 5.74) is 1.29. The molecule has 1 aliphatic rings. The van der Waals surface area contributed by atoms with Crippen LogP contribution < -0.4 is 5.32 Å². The van der Waals surface area contributed by atoms with Gasteiger partial charge in [-0.15, -0.1) is 11.3 Å². The van der Waals surface area contributed by atoms with E-state index in [1.165, 1.54) is 35.6 Å². The molecule has 1 N–H and O–H groups in total. The topological polar surface area (TPSA) is 135 Å². The van der Waals surface area contributed by atoms with E-state index < -0.39 is 16.8 Å². The molecule has 0 radical (unpaired) electrons. The quantitative estimate of drug-likeness (QED) is 0.120. The summed E-state index contributed by atoms with van der Waals surface area (Å²) in [6.07, 6.45) is 3.74. The number of nitriles is 1. The van der Waals surface area contributed by atoms with Crippen LogP contribution in [-0.2, 0) is 22.4 Å². The van der Waals surface area contributed by atoms with Crippen molar-refractivity contribution in [3.63, 3.8) is 0 Å². The molecule has 3 aromatic rings. The van der Waals surface area contributed by atoms with Crippen LogP contribution in [0.1, 0.15) is 46.8 Å². The zero-order valence-corrected chi connectivity index (χ0v) is 21.6. The van der Waals surface area contributed by atoms with Crippen LogP contribution in [0.5, 0.6) is 0 Å². The second-order valence-electron chi connectivity index (χ2n) is 8.52. The summed E-state index contributed by atoms with van der Waals surface area (Å²) >= 11 is 7.51. The Morgan fingerprint density at radius 3 is 2.84 bits per heavy atom. The molecule has 0 bridgehead atoms. The molecule has 0 aliphatic heterocycles. The van der Waals surface area contributed by atoms with Crippen LogP contribution in [0.3, 0.4) is 0 Å². The molecule has 0 spiro atoms. The molecule has 4 rings (SSSR count). The second-order valence-corrected chi connectivity index (χ2v) is 10.0. The highest BCUT2D eigenvalue weighted by atomic mass is 35.5. The molecule has 1 aromatic carbocycles. The zero-order valence-electron chi connectivity index (χ0n) is 20.0. The lowest BCUT2D eigenvalue weighted by atomic mass is 9.88. The smallest absolute Gasteiger partial charge is 0.341 e. The predicted octanol–water partition coefficient (Wildman–Crippen LogP) is 6.42. The van der Waals surface area contributed by atoms with E-state index >= 15 is 0 Å². The second kappa shape index (κ2) is 11.0. The van der Waals surface area contributed by atoms with Gasteiger partial charge in [-0.1, -0.05) is 18.5 Å². The number of rotatable bonds is 7. The summed E-state index contributed by atoms with van der Waals surface area (Å²) in [4.78, 5) is 37.1. The number of halogens is 1. The van der Waals surface area contributed by atoms with Gasteiger partial charge in [0.1, 0.15) is 28.2 Å². The molecule has 1 unspecified atom stereocenters. The first kappa shape index (κ1) is 26.1. The molecule has 9 nitrogen and oxygen atoms in total. The zero-order chi connectivity index (χ0) is 26.7. The van der Waals surface area contributed by atoms with Gasteiger partial charge in [-0.05, 0) is 55.9 Å². The molecule has 1 aliphatic carbocycles. The van der Waals surface area contributed by atoms with Gasteiger partial charge in [0, 0.05) is 28.6 Å². The van der Waals surface area contributed by atoms with Gasteiger partial charge in [-0.3, -0.25) is 14.9 Å². The van der Waals surface area contributed by atoms with Gasteiger partial charge in [0.05, 0.1) is 22.1 Å². The van der Waals surface area contributed by atoms with Crippen molar-refractivity contribution in [3.8, 4) is 17.4 Å². The number of furan rings is 1. The molecule has 0 fully saturated rings. The Balaban J connectivity index is 1.60. The first-order valence-electron chi connectivity index (χ1n) is 11.5. The Hall–Kier alpha value is -3.94. The Labute approximate surface area is 221 Å². The average molecular weight is 540 g/mol. The van der Waals surface area contributed by atoms with E-state index in [9.17, 15) is 25.0 Å². The maximum absolute atomic E-state index is 13.0. The third kappa shape index (κ3) is 5.58. The number of benzene rings is 1. The molecule has 0 saturated carbocycles. The lowest BCUT2D eigenvalue weighted by Crippen LogP contribution is -2.17. The monoisotopic (exact) mass is 539 g/mol. The van der Waals surface area contributed by atoms with Gasteiger partial charge < -0.3 is 14.5 Å². The van der Waals surface area contributed by atoms with Crippen LogP contribution in [0.25, 0.3) is 17.4 Å². The summed E-state index contributed by atoms with van der Waals surface area (Å²) in [5.74, 6) is -0.194. The number of thiophene rings is 1. The number of nitrogens with zero attached hydrogens (tertiary/aromatic N) is 2. The highest BCUT2D eigenvalue weighted by Crippen LogP contribution is 2.40. The number of hydrogen-bond acceptors (Lipinski definition) is 8. The first-order valence-corrected chi connectivity index (χ1v) is 12.7. The van der Waals surface area contributed by atoms with Crippen LogP contribution in [0, 0.1) is 27.4 Å². The maximum Gasteiger partial charge on any atom is 0.341 e. The molecular formula is C26H22ClN3O6S. The number of amides is 1. The van der Waals surface area contributed by atoms with Crippen molar-refractivity contribution in [2.24, 2.45) is 5.92 Å². The van der Waals surface area contributed by atoms with Gasteiger partial charge in [0.2, 0.25) is 0 Å². The number of nitro groups is 1. The Morgan fingerprint density at radius 2 is 2.16 bits per heavy atom. The van der Waals surface area contributed by atoms with Crippen LogP contribution in [0.15, 0.2) is 40.3 Å². The number of non-ortho nitro benzene ring substituents is 1. The number of nitro benzene ring substituents is 1. The largest absolute Gasteiger partial charge is 0.462 e. The number of ether oxygens (including phenoxy) is 1. The Kier molecular flexibility index (Phi) is 7.76. The standard InChI is InChI=1S/C26H22ClN3O6S/c1-3-35-26(32)23-19-7-4-14(2)10-22(19)37-25(23)29-24(31)15(13-28)11-17-6-9-21(36-17)18-8-5-16(30(33)34)12-20(18)27/h5-6,8-9,11-12,14H,3-4,7,10H2,1-2H3,(H,29,31)/b15-11+. The van der Waals surface area contributed by atoms with E-state index in [1.807, 2.05) is 6.07 Å². The minimum Gasteiger partial charge on any atom is -0.462 e. The SMILES string of the molecule is CCOC(=O)c1c(NC(=O)/C(C#N)=C/c2ccc(-c3ccc([N+](=O)[O-])cc3Cl)o2)sc2c1CCC(C)C2. The molecular weight excluding hydrogens is 518 g/mol. The molecule has 1 amide bonds. The third-order valence-corrected chi connectivity index (χ3v) is 7.41. The number of carbonyl (C=O) groups is 2.